The summed E-state index contributed by atoms with van der Waals surface area (Å²) >= 11 is 0. The average molecular weight is 287 g/mol. The Morgan fingerprint density at radius 3 is 2.62 bits per heavy atom. The molecule has 110 valence electrons. The van der Waals surface area contributed by atoms with Gasteiger partial charge in [-0.1, -0.05) is 37.3 Å². The van der Waals surface area contributed by atoms with Crippen molar-refractivity contribution in [3.63, 3.8) is 0 Å². The molecule has 0 saturated heterocycles. The first-order valence-corrected chi connectivity index (χ1v) is 6.89. The predicted molar refractivity (Wildman–Crippen MR) is 81.3 cm³/mol. The second-order valence-electron chi connectivity index (χ2n) is 5.03. The second-order valence-corrected chi connectivity index (χ2v) is 5.03. The Hall–Kier alpha value is -2.36. The lowest BCUT2D eigenvalue weighted by Crippen LogP contribution is -2.08. The van der Waals surface area contributed by atoms with Crippen molar-refractivity contribution in [1.82, 2.24) is 0 Å². The molecule has 0 saturated carbocycles. The summed E-state index contributed by atoms with van der Waals surface area (Å²) in [7, 11) is 0. The van der Waals surface area contributed by atoms with E-state index in [0.717, 1.165) is 6.42 Å². The first kappa shape index (κ1) is 15.0. The lowest BCUT2D eigenvalue weighted by Gasteiger charge is -2.13. The van der Waals surface area contributed by atoms with E-state index in [0.29, 0.717) is 18.2 Å². The smallest absolute Gasteiger partial charge is 0.338 e. The first-order chi connectivity index (χ1) is 10.1. The van der Waals surface area contributed by atoms with E-state index in [2.05, 4.69) is 24.4 Å². The number of hydrogen-bond acceptors (Lipinski definition) is 2. The molecule has 2 rings (SSSR count). The molecule has 21 heavy (non-hydrogen) atoms. The van der Waals surface area contributed by atoms with Crippen LogP contribution in [0.15, 0.2) is 48.5 Å². The number of hydrogen-bond donors (Lipinski definition) is 2. The molecule has 0 spiro atoms. The lowest BCUT2D eigenvalue weighted by atomic mass is 9.98. The molecule has 1 atom stereocenters. The molecule has 2 N–H and O–H groups in total. The molecular formula is C17H18FNO2. The van der Waals surface area contributed by atoms with Gasteiger partial charge in [0, 0.05) is 12.2 Å². The van der Waals surface area contributed by atoms with Gasteiger partial charge in [0.05, 0.1) is 5.56 Å². The topological polar surface area (TPSA) is 49.3 Å². The molecular weight excluding hydrogens is 269 g/mol. The Kier molecular flexibility index (Phi) is 4.93. The van der Waals surface area contributed by atoms with Gasteiger partial charge in [0.1, 0.15) is 5.82 Å². The van der Waals surface area contributed by atoms with Crippen molar-refractivity contribution < 1.29 is 14.3 Å². The predicted octanol–water partition coefficient (Wildman–Crippen LogP) is 4.13. The molecule has 0 aliphatic heterocycles. The number of nitrogens with one attached hydrogen (secondary N) is 1. The zero-order valence-electron chi connectivity index (χ0n) is 11.8. The van der Waals surface area contributed by atoms with E-state index in [1.165, 1.54) is 17.7 Å². The summed E-state index contributed by atoms with van der Waals surface area (Å²) in [6.07, 6.45) is 0.907. The molecule has 0 aromatic heterocycles. The minimum atomic E-state index is -1.26. The highest BCUT2D eigenvalue weighted by atomic mass is 19.1. The van der Waals surface area contributed by atoms with Gasteiger partial charge >= 0.3 is 5.97 Å². The number of anilines is 1. The van der Waals surface area contributed by atoms with Crippen molar-refractivity contribution in [2.24, 2.45) is 0 Å². The van der Waals surface area contributed by atoms with Crippen LogP contribution in [0.3, 0.4) is 0 Å². The van der Waals surface area contributed by atoms with Gasteiger partial charge in [0.25, 0.3) is 0 Å². The standard InChI is InChI=1S/C17H18FNO2/c1-12(13-5-3-2-4-6-13)9-10-19-14-7-8-16(18)15(11-14)17(20)21/h2-8,11-12,19H,9-10H2,1H3,(H,20,21). The molecule has 0 amide bonds. The van der Waals surface area contributed by atoms with Gasteiger partial charge in [-0.15, -0.1) is 0 Å². The highest BCUT2D eigenvalue weighted by Crippen LogP contribution is 2.19. The number of halogens is 1. The summed E-state index contributed by atoms with van der Waals surface area (Å²) in [6.45, 7) is 2.84. The van der Waals surface area contributed by atoms with Crippen LogP contribution in [0.5, 0.6) is 0 Å². The fourth-order valence-electron chi connectivity index (χ4n) is 2.18. The van der Waals surface area contributed by atoms with Gasteiger partial charge in [0.15, 0.2) is 0 Å². The fraction of sp³-hybridized carbons (Fsp3) is 0.235. The van der Waals surface area contributed by atoms with Gasteiger partial charge < -0.3 is 10.4 Å². The first-order valence-electron chi connectivity index (χ1n) is 6.89. The Bertz CT molecular complexity index is 613. The highest BCUT2D eigenvalue weighted by Gasteiger charge is 2.11. The van der Waals surface area contributed by atoms with Gasteiger partial charge in [0.2, 0.25) is 0 Å². The molecule has 4 heteroatoms. The van der Waals surface area contributed by atoms with Crippen molar-refractivity contribution >= 4 is 11.7 Å². The van der Waals surface area contributed by atoms with Crippen LogP contribution in [0, 0.1) is 5.82 Å². The maximum Gasteiger partial charge on any atom is 0.338 e. The summed E-state index contributed by atoms with van der Waals surface area (Å²) in [5.74, 6) is -1.57. The number of carbonyl (C=O) groups is 1. The molecule has 0 heterocycles. The summed E-state index contributed by atoms with van der Waals surface area (Å²) in [4.78, 5) is 10.9. The Morgan fingerprint density at radius 1 is 1.24 bits per heavy atom. The summed E-state index contributed by atoms with van der Waals surface area (Å²) in [5, 5.41) is 12.0. The SMILES string of the molecule is CC(CCNc1ccc(F)c(C(=O)O)c1)c1ccccc1. The average Bonchev–Trinajstić information content (AvgIpc) is 2.49. The van der Waals surface area contributed by atoms with E-state index in [4.69, 9.17) is 5.11 Å². The van der Waals surface area contributed by atoms with E-state index in [1.807, 2.05) is 18.2 Å². The number of benzene rings is 2. The van der Waals surface area contributed by atoms with Crippen LogP contribution in [0.2, 0.25) is 0 Å². The van der Waals surface area contributed by atoms with Crippen LogP contribution >= 0.6 is 0 Å². The maximum atomic E-state index is 13.3. The third-order valence-corrected chi connectivity index (χ3v) is 3.47. The van der Waals surface area contributed by atoms with E-state index in [1.54, 1.807) is 6.07 Å². The molecule has 2 aromatic carbocycles. The molecule has 0 aliphatic carbocycles. The van der Waals surface area contributed by atoms with Crippen LogP contribution in [-0.4, -0.2) is 17.6 Å². The summed E-state index contributed by atoms with van der Waals surface area (Å²) in [5.41, 5.74) is 1.58. The quantitative estimate of drug-likeness (QED) is 0.840. The van der Waals surface area contributed by atoms with Crippen molar-refractivity contribution in [1.29, 1.82) is 0 Å². The number of carboxylic acids is 1. The monoisotopic (exact) mass is 287 g/mol. The Labute approximate surface area is 123 Å². The third-order valence-electron chi connectivity index (χ3n) is 3.47. The van der Waals surface area contributed by atoms with Crippen LogP contribution in [0.25, 0.3) is 0 Å². The van der Waals surface area contributed by atoms with E-state index in [-0.39, 0.29) is 5.56 Å². The van der Waals surface area contributed by atoms with Crippen LogP contribution in [-0.2, 0) is 0 Å². The minimum Gasteiger partial charge on any atom is -0.478 e. The van der Waals surface area contributed by atoms with E-state index in [9.17, 15) is 9.18 Å². The third kappa shape index (κ3) is 4.05. The van der Waals surface area contributed by atoms with Crippen LogP contribution in [0.4, 0.5) is 10.1 Å². The van der Waals surface area contributed by atoms with Crippen molar-refractivity contribution in [2.45, 2.75) is 19.3 Å². The normalized spacial score (nSPS) is 11.9. The van der Waals surface area contributed by atoms with Crippen LogP contribution in [0.1, 0.15) is 35.2 Å². The van der Waals surface area contributed by atoms with Crippen molar-refractivity contribution in [3.8, 4) is 0 Å². The minimum absolute atomic E-state index is 0.309. The van der Waals surface area contributed by atoms with Gasteiger partial charge in [-0.2, -0.15) is 0 Å². The summed E-state index contributed by atoms with van der Waals surface area (Å²) in [6, 6.07) is 14.2. The van der Waals surface area contributed by atoms with Crippen molar-refractivity contribution in [3.05, 3.63) is 65.5 Å². The molecule has 1 unspecified atom stereocenters. The zero-order valence-corrected chi connectivity index (χ0v) is 11.8. The Balaban J connectivity index is 1.92. The molecule has 3 nitrogen and oxygen atoms in total. The molecule has 0 bridgehead atoms. The molecule has 0 fully saturated rings. The second kappa shape index (κ2) is 6.88. The largest absolute Gasteiger partial charge is 0.478 e. The highest BCUT2D eigenvalue weighted by molar-refractivity contribution is 5.89. The Morgan fingerprint density at radius 2 is 1.95 bits per heavy atom. The van der Waals surface area contributed by atoms with Gasteiger partial charge in [-0.05, 0) is 36.1 Å². The van der Waals surface area contributed by atoms with Gasteiger partial charge in [-0.25, -0.2) is 9.18 Å². The van der Waals surface area contributed by atoms with E-state index >= 15 is 0 Å². The number of aromatic carboxylic acids is 1. The molecule has 0 aliphatic rings. The molecule has 0 radical (unpaired) electrons. The summed E-state index contributed by atoms with van der Waals surface area (Å²) < 4.78 is 13.3. The lowest BCUT2D eigenvalue weighted by molar-refractivity contribution is 0.0692. The fourth-order valence-corrected chi connectivity index (χ4v) is 2.18. The van der Waals surface area contributed by atoms with E-state index < -0.39 is 11.8 Å². The van der Waals surface area contributed by atoms with Gasteiger partial charge in [-0.3, -0.25) is 0 Å². The van der Waals surface area contributed by atoms with Crippen molar-refractivity contribution in [2.75, 3.05) is 11.9 Å². The van der Waals surface area contributed by atoms with Crippen LogP contribution < -0.4 is 5.32 Å². The number of rotatable bonds is 6. The number of carboxylic acid groups (broad SMARTS) is 1. The molecule has 2 aromatic rings. The zero-order chi connectivity index (χ0) is 15.2. The maximum absolute atomic E-state index is 13.3.